The second kappa shape index (κ2) is 4.75. The summed E-state index contributed by atoms with van der Waals surface area (Å²) in [6, 6.07) is 3.99. The van der Waals surface area contributed by atoms with E-state index in [1.165, 1.54) is 0 Å². The zero-order chi connectivity index (χ0) is 13.2. The lowest BCUT2D eigenvalue weighted by Crippen LogP contribution is -2.43. The highest BCUT2D eigenvalue weighted by atomic mass is 16.5. The fraction of sp³-hybridized carbons (Fsp3) is 0.462. The number of aryl methyl sites for hydroxylation is 2. The lowest BCUT2D eigenvalue weighted by molar-refractivity contribution is -0.125. The molecule has 1 aromatic rings. The maximum atomic E-state index is 11.8. The molecule has 0 radical (unpaired) electrons. The molecule has 0 aliphatic carbocycles. The average molecular weight is 236 g/mol. The Bertz CT molecular complexity index is 439. The topological polar surface area (TPSA) is 64.3 Å². The Morgan fingerprint density at radius 2 is 1.94 bits per heavy atom. The van der Waals surface area contributed by atoms with Crippen molar-refractivity contribution in [1.29, 1.82) is 0 Å². The van der Waals surface area contributed by atoms with E-state index in [1.807, 2.05) is 39.8 Å². The fourth-order valence-electron chi connectivity index (χ4n) is 1.99. The number of carbonyl (C=O) groups is 1. The number of nitrogens with two attached hydrogens (primary N) is 1. The summed E-state index contributed by atoms with van der Waals surface area (Å²) in [6.45, 7) is 7.61. The number of hydrogen-bond donors (Lipinski definition) is 2. The Morgan fingerprint density at radius 3 is 2.41 bits per heavy atom. The number of ether oxygens (including phenoxy) is 1. The lowest BCUT2D eigenvalue weighted by Gasteiger charge is -2.26. The van der Waals surface area contributed by atoms with E-state index >= 15 is 0 Å². The molecular weight excluding hydrogens is 216 g/mol. The maximum Gasteiger partial charge on any atom is 0.244 e. The molecule has 17 heavy (non-hydrogen) atoms. The molecule has 0 heterocycles. The minimum atomic E-state index is -0.725. The van der Waals surface area contributed by atoms with Gasteiger partial charge in [0.25, 0.3) is 0 Å². The van der Waals surface area contributed by atoms with Gasteiger partial charge in [0, 0.05) is 5.56 Å². The number of methoxy groups -OCH3 is 1. The number of amides is 1. The quantitative estimate of drug-likeness (QED) is 0.476. The molecule has 0 unspecified atom stereocenters. The third-order valence-electron chi connectivity index (χ3n) is 3.00. The van der Waals surface area contributed by atoms with Gasteiger partial charge in [0.1, 0.15) is 5.75 Å². The molecule has 1 rings (SSSR count). The Balaban J connectivity index is 3.44. The molecule has 0 bridgehead atoms. The van der Waals surface area contributed by atoms with Gasteiger partial charge in [-0.15, -0.1) is 0 Å². The summed E-state index contributed by atoms with van der Waals surface area (Å²) in [5.74, 6) is 5.73. The molecule has 1 amide bonds. The van der Waals surface area contributed by atoms with Crippen LogP contribution in [0, 0.1) is 13.8 Å². The molecule has 0 saturated heterocycles. The van der Waals surface area contributed by atoms with Crippen LogP contribution >= 0.6 is 0 Å². The third-order valence-corrected chi connectivity index (χ3v) is 3.00. The van der Waals surface area contributed by atoms with Gasteiger partial charge < -0.3 is 4.74 Å². The third kappa shape index (κ3) is 2.42. The van der Waals surface area contributed by atoms with Crippen LogP contribution in [-0.4, -0.2) is 13.0 Å². The zero-order valence-corrected chi connectivity index (χ0v) is 11.0. The Morgan fingerprint density at radius 1 is 1.35 bits per heavy atom. The molecule has 0 spiro atoms. The van der Waals surface area contributed by atoms with E-state index in [-0.39, 0.29) is 5.91 Å². The Kier molecular flexibility index (Phi) is 3.78. The highest BCUT2D eigenvalue weighted by molar-refractivity contribution is 5.87. The summed E-state index contributed by atoms with van der Waals surface area (Å²) < 4.78 is 5.39. The largest absolute Gasteiger partial charge is 0.496 e. The molecule has 0 fully saturated rings. The first-order valence-electron chi connectivity index (χ1n) is 5.51. The standard InChI is InChI=1S/C13H20N2O2/c1-8-6-9(2)11(17-5)10(7-8)13(3,4)12(16)15-14/h6-7H,14H2,1-5H3,(H,15,16). The molecule has 0 aliphatic rings. The Labute approximate surface area is 102 Å². The monoisotopic (exact) mass is 236 g/mol. The predicted octanol–water partition coefficient (Wildman–Crippen LogP) is 1.58. The van der Waals surface area contributed by atoms with Gasteiger partial charge in [-0.3, -0.25) is 10.2 Å². The molecule has 3 N–H and O–H groups in total. The summed E-state index contributed by atoms with van der Waals surface area (Å²) >= 11 is 0. The molecule has 4 heteroatoms. The van der Waals surface area contributed by atoms with Gasteiger partial charge in [0.2, 0.25) is 5.91 Å². The molecular formula is C13H20N2O2. The second-order valence-electron chi connectivity index (χ2n) is 4.76. The van der Waals surface area contributed by atoms with Gasteiger partial charge in [-0.25, -0.2) is 5.84 Å². The van der Waals surface area contributed by atoms with Gasteiger partial charge in [0.15, 0.2) is 0 Å². The van der Waals surface area contributed by atoms with E-state index < -0.39 is 5.41 Å². The van der Waals surface area contributed by atoms with Gasteiger partial charge in [-0.05, 0) is 33.3 Å². The summed E-state index contributed by atoms with van der Waals surface area (Å²) in [5.41, 5.74) is 4.43. The number of benzene rings is 1. The minimum absolute atomic E-state index is 0.235. The van der Waals surface area contributed by atoms with Crippen molar-refractivity contribution in [2.75, 3.05) is 7.11 Å². The van der Waals surface area contributed by atoms with Gasteiger partial charge >= 0.3 is 0 Å². The maximum absolute atomic E-state index is 11.8. The number of rotatable bonds is 3. The van der Waals surface area contributed by atoms with Crippen molar-refractivity contribution in [2.45, 2.75) is 33.1 Å². The van der Waals surface area contributed by atoms with E-state index in [0.29, 0.717) is 0 Å². The van der Waals surface area contributed by atoms with Crippen molar-refractivity contribution in [3.63, 3.8) is 0 Å². The first-order valence-corrected chi connectivity index (χ1v) is 5.51. The van der Waals surface area contributed by atoms with Crippen LogP contribution in [-0.2, 0) is 10.2 Å². The second-order valence-corrected chi connectivity index (χ2v) is 4.76. The summed E-state index contributed by atoms with van der Waals surface area (Å²) in [4.78, 5) is 11.8. The van der Waals surface area contributed by atoms with Crippen LogP contribution in [0.4, 0.5) is 0 Å². The molecule has 94 valence electrons. The number of hydrazine groups is 1. The molecule has 0 saturated carbocycles. The summed E-state index contributed by atoms with van der Waals surface area (Å²) in [7, 11) is 1.61. The van der Waals surface area contributed by atoms with Crippen LogP contribution in [0.3, 0.4) is 0 Å². The minimum Gasteiger partial charge on any atom is -0.496 e. The number of hydrogen-bond acceptors (Lipinski definition) is 3. The smallest absolute Gasteiger partial charge is 0.244 e. The highest BCUT2D eigenvalue weighted by Gasteiger charge is 2.32. The molecule has 0 atom stereocenters. The van der Waals surface area contributed by atoms with Gasteiger partial charge in [-0.1, -0.05) is 17.7 Å². The van der Waals surface area contributed by atoms with Crippen LogP contribution < -0.4 is 16.0 Å². The van der Waals surface area contributed by atoms with E-state index in [4.69, 9.17) is 10.6 Å². The Hall–Kier alpha value is -1.55. The lowest BCUT2D eigenvalue weighted by atomic mass is 9.81. The van der Waals surface area contributed by atoms with E-state index in [9.17, 15) is 4.79 Å². The van der Waals surface area contributed by atoms with Crippen molar-refractivity contribution in [1.82, 2.24) is 5.43 Å². The zero-order valence-electron chi connectivity index (χ0n) is 11.0. The van der Waals surface area contributed by atoms with E-state index in [2.05, 4.69) is 5.43 Å². The van der Waals surface area contributed by atoms with Gasteiger partial charge in [-0.2, -0.15) is 0 Å². The summed E-state index contributed by atoms with van der Waals surface area (Å²) in [6.07, 6.45) is 0. The van der Waals surface area contributed by atoms with Crippen LogP contribution in [0.15, 0.2) is 12.1 Å². The highest BCUT2D eigenvalue weighted by Crippen LogP contribution is 2.35. The molecule has 0 aromatic heterocycles. The van der Waals surface area contributed by atoms with E-state index in [1.54, 1.807) is 7.11 Å². The van der Waals surface area contributed by atoms with E-state index in [0.717, 1.165) is 22.4 Å². The number of nitrogens with one attached hydrogen (secondary N) is 1. The molecule has 1 aromatic carbocycles. The van der Waals surface area contributed by atoms with Crippen molar-refractivity contribution >= 4 is 5.91 Å². The fourth-order valence-corrected chi connectivity index (χ4v) is 1.99. The van der Waals surface area contributed by atoms with Crippen molar-refractivity contribution in [3.8, 4) is 5.75 Å². The predicted molar refractivity (Wildman–Crippen MR) is 67.8 cm³/mol. The first-order chi connectivity index (χ1) is 7.84. The SMILES string of the molecule is COc1c(C)cc(C)cc1C(C)(C)C(=O)NN. The molecule has 0 aliphatic heterocycles. The normalized spacial score (nSPS) is 11.2. The van der Waals surface area contributed by atoms with Crippen molar-refractivity contribution < 1.29 is 9.53 Å². The first kappa shape index (κ1) is 13.5. The van der Waals surface area contributed by atoms with Crippen LogP contribution in [0.25, 0.3) is 0 Å². The van der Waals surface area contributed by atoms with Crippen molar-refractivity contribution in [2.24, 2.45) is 5.84 Å². The summed E-state index contributed by atoms with van der Waals surface area (Å²) in [5, 5.41) is 0. The number of carbonyl (C=O) groups excluding carboxylic acids is 1. The van der Waals surface area contributed by atoms with Crippen LogP contribution in [0.1, 0.15) is 30.5 Å². The van der Waals surface area contributed by atoms with Gasteiger partial charge in [0.05, 0.1) is 12.5 Å². The van der Waals surface area contributed by atoms with Crippen LogP contribution in [0.2, 0.25) is 0 Å². The van der Waals surface area contributed by atoms with Crippen molar-refractivity contribution in [3.05, 3.63) is 28.8 Å². The average Bonchev–Trinajstić information content (AvgIpc) is 2.26. The molecule has 4 nitrogen and oxygen atoms in total. The van der Waals surface area contributed by atoms with Crippen LogP contribution in [0.5, 0.6) is 5.75 Å².